The topological polar surface area (TPSA) is 45.0 Å². The maximum absolute atomic E-state index is 12.2. The van der Waals surface area contributed by atoms with Gasteiger partial charge in [-0.3, -0.25) is 0 Å². The van der Waals surface area contributed by atoms with E-state index in [4.69, 9.17) is 10.00 Å². The van der Waals surface area contributed by atoms with Crippen molar-refractivity contribution in [3.05, 3.63) is 24.3 Å². The predicted octanol–water partition coefficient (Wildman–Crippen LogP) is 3.98. The Labute approximate surface area is 116 Å². The Balaban J connectivity index is 2.55. The summed E-state index contributed by atoms with van der Waals surface area (Å²) in [6.07, 6.45) is -3.14. The van der Waals surface area contributed by atoms with Crippen LogP contribution in [-0.4, -0.2) is 19.3 Å². The van der Waals surface area contributed by atoms with Crippen LogP contribution in [0.2, 0.25) is 0 Å². The number of para-hydroxylation sites is 2. The number of nitrogens with one attached hydrogen (secondary N) is 1. The van der Waals surface area contributed by atoms with Crippen molar-refractivity contribution in [1.29, 1.82) is 5.26 Å². The SMILES string of the molecule is C[C@@H](CCC#N)CNc1ccccc1OCC(F)(F)F. The second-order valence-electron chi connectivity index (χ2n) is 4.58. The first kappa shape index (κ1) is 16.2. The van der Waals surface area contributed by atoms with E-state index in [0.29, 0.717) is 18.7 Å². The summed E-state index contributed by atoms with van der Waals surface area (Å²) in [6.45, 7) is 1.24. The molecule has 110 valence electrons. The van der Waals surface area contributed by atoms with E-state index in [1.807, 2.05) is 6.92 Å². The second kappa shape index (κ2) is 7.63. The fraction of sp³-hybridized carbons (Fsp3) is 0.500. The third-order valence-corrected chi connectivity index (χ3v) is 2.67. The van der Waals surface area contributed by atoms with Gasteiger partial charge in [0.1, 0.15) is 5.75 Å². The van der Waals surface area contributed by atoms with Gasteiger partial charge in [-0.05, 0) is 24.5 Å². The van der Waals surface area contributed by atoms with Gasteiger partial charge < -0.3 is 10.1 Å². The lowest BCUT2D eigenvalue weighted by atomic mass is 10.1. The molecule has 1 atom stereocenters. The molecule has 1 aromatic rings. The van der Waals surface area contributed by atoms with Crippen molar-refractivity contribution in [2.75, 3.05) is 18.5 Å². The number of hydrogen-bond donors (Lipinski definition) is 1. The van der Waals surface area contributed by atoms with E-state index in [9.17, 15) is 13.2 Å². The number of nitrogens with zero attached hydrogens (tertiary/aromatic N) is 1. The first-order valence-electron chi connectivity index (χ1n) is 6.32. The van der Waals surface area contributed by atoms with Gasteiger partial charge in [-0.15, -0.1) is 0 Å². The second-order valence-corrected chi connectivity index (χ2v) is 4.58. The molecular formula is C14H17F3N2O. The van der Waals surface area contributed by atoms with Gasteiger partial charge in [0, 0.05) is 13.0 Å². The molecule has 0 spiro atoms. The molecule has 0 aromatic heterocycles. The fourth-order valence-corrected chi connectivity index (χ4v) is 1.60. The van der Waals surface area contributed by atoms with E-state index >= 15 is 0 Å². The minimum Gasteiger partial charge on any atom is -0.482 e. The molecule has 0 aliphatic carbocycles. The Bertz CT molecular complexity index is 454. The highest BCUT2D eigenvalue weighted by atomic mass is 19.4. The fourth-order valence-electron chi connectivity index (χ4n) is 1.60. The molecule has 0 unspecified atom stereocenters. The number of nitriles is 1. The van der Waals surface area contributed by atoms with Crippen molar-refractivity contribution in [2.24, 2.45) is 5.92 Å². The summed E-state index contributed by atoms with van der Waals surface area (Å²) in [5, 5.41) is 11.6. The van der Waals surface area contributed by atoms with E-state index in [1.54, 1.807) is 18.2 Å². The highest BCUT2D eigenvalue weighted by Crippen LogP contribution is 2.26. The van der Waals surface area contributed by atoms with Crippen molar-refractivity contribution >= 4 is 5.69 Å². The molecule has 0 saturated heterocycles. The maximum Gasteiger partial charge on any atom is 0.422 e. The van der Waals surface area contributed by atoms with Crippen LogP contribution in [0.1, 0.15) is 19.8 Å². The summed E-state index contributed by atoms with van der Waals surface area (Å²) in [5.74, 6) is 0.433. The molecule has 0 heterocycles. The molecule has 6 heteroatoms. The molecule has 1 rings (SSSR count). The Morgan fingerprint density at radius 1 is 1.35 bits per heavy atom. The number of anilines is 1. The predicted molar refractivity (Wildman–Crippen MR) is 70.5 cm³/mol. The lowest BCUT2D eigenvalue weighted by Crippen LogP contribution is -2.20. The summed E-state index contributed by atoms with van der Waals surface area (Å²) < 4.78 is 41.2. The van der Waals surface area contributed by atoms with Crippen LogP contribution in [-0.2, 0) is 0 Å². The molecule has 0 aliphatic heterocycles. The Morgan fingerprint density at radius 2 is 2.05 bits per heavy atom. The third kappa shape index (κ3) is 6.32. The van der Waals surface area contributed by atoms with Gasteiger partial charge in [0.15, 0.2) is 6.61 Å². The first-order chi connectivity index (χ1) is 9.42. The highest BCUT2D eigenvalue weighted by molar-refractivity contribution is 5.56. The zero-order valence-corrected chi connectivity index (χ0v) is 11.2. The molecule has 1 aromatic carbocycles. The van der Waals surface area contributed by atoms with Gasteiger partial charge in [-0.1, -0.05) is 19.1 Å². The van der Waals surface area contributed by atoms with Gasteiger partial charge in [0.2, 0.25) is 0 Å². The molecule has 0 saturated carbocycles. The normalized spacial score (nSPS) is 12.6. The zero-order valence-electron chi connectivity index (χ0n) is 11.2. The van der Waals surface area contributed by atoms with Crippen LogP contribution in [0, 0.1) is 17.2 Å². The van der Waals surface area contributed by atoms with Crippen LogP contribution >= 0.6 is 0 Å². The van der Waals surface area contributed by atoms with Gasteiger partial charge >= 0.3 is 6.18 Å². The summed E-state index contributed by atoms with van der Waals surface area (Å²) >= 11 is 0. The largest absolute Gasteiger partial charge is 0.482 e. The van der Waals surface area contributed by atoms with Gasteiger partial charge in [-0.25, -0.2) is 0 Å². The Morgan fingerprint density at radius 3 is 2.70 bits per heavy atom. The molecule has 0 aliphatic rings. The summed E-state index contributed by atoms with van der Waals surface area (Å²) in [4.78, 5) is 0. The summed E-state index contributed by atoms with van der Waals surface area (Å²) in [6, 6.07) is 8.58. The van der Waals surface area contributed by atoms with Gasteiger partial charge in [0.25, 0.3) is 0 Å². The number of rotatable bonds is 7. The van der Waals surface area contributed by atoms with Gasteiger partial charge in [0.05, 0.1) is 11.8 Å². The number of hydrogen-bond acceptors (Lipinski definition) is 3. The smallest absolute Gasteiger partial charge is 0.422 e. The monoisotopic (exact) mass is 286 g/mol. The van der Waals surface area contributed by atoms with Crippen molar-refractivity contribution in [3.63, 3.8) is 0 Å². The lowest BCUT2D eigenvalue weighted by Gasteiger charge is -2.16. The number of halogens is 3. The highest BCUT2D eigenvalue weighted by Gasteiger charge is 2.28. The zero-order chi connectivity index (χ0) is 15.0. The molecule has 20 heavy (non-hydrogen) atoms. The van der Waals surface area contributed by atoms with E-state index in [0.717, 1.165) is 6.42 Å². The van der Waals surface area contributed by atoms with Crippen LogP contribution < -0.4 is 10.1 Å². The van der Waals surface area contributed by atoms with Crippen molar-refractivity contribution in [3.8, 4) is 11.8 Å². The Kier molecular flexibility index (Phi) is 6.16. The average molecular weight is 286 g/mol. The molecular weight excluding hydrogens is 269 g/mol. The lowest BCUT2D eigenvalue weighted by molar-refractivity contribution is -0.153. The molecule has 1 N–H and O–H groups in total. The maximum atomic E-state index is 12.2. The molecule has 3 nitrogen and oxygen atoms in total. The molecule has 0 radical (unpaired) electrons. The van der Waals surface area contributed by atoms with Crippen LogP contribution in [0.4, 0.5) is 18.9 Å². The molecule has 0 amide bonds. The average Bonchev–Trinajstić information content (AvgIpc) is 2.40. The van der Waals surface area contributed by atoms with Crippen LogP contribution in [0.3, 0.4) is 0 Å². The minimum atomic E-state index is -4.35. The summed E-state index contributed by atoms with van der Waals surface area (Å²) in [7, 11) is 0. The summed E-state index contributed by atoms with van der Waals surface area (Å²) in [5.41, 5.74) is 0.528. The van der Waals surface area contributed by atoms with Crippen molar-refractivity contribution in [1.82, 2.24) is 0 Å². The number of alkyl halides is 3. The van der Waals surface area contributed by atoms with Crippen LogP contribution in [0.25, 0.3) is 0 Å². The van der Waals surface area contributed by atoms with Crippen molar-refractivity contribution in [2.45, 2.75) is 25.9 Å². The quantitative estimate of drug-likeness (QED) is 0.824. The van der Waals surface area contributed by atoms with E-state index in [1.165, 1.54) is 6.07 Å². The van der Waals surface area contributed by atoms with E-state index < -0.39 is 12.8 Å². The number of benzene rings is 1. The van der Waals surface area contributed by atoms with E-state index in [2.05, 4.69) is 11.4 Å². The van der Waals surface area contributed by atoms with Crippen molar-refractivity contribution < 1.29 is 17.9 Å². The third-order valence-electron chi connectivity index (χ3n) is 2.67. The molecule has 0 bridgehead atoms. The Hall–Kier alpha value is -1.90. The van der Waals surface area contributed by atoms with Crippen LogP contribution in [0.15, 0.2) is 24.3 Å². The first-order valence-corrected chi connectivity index (χ1v) is 6.32. The molecule has 0 fully saturated rings. The van der Waals surface area contributed by atoms with Crippen LogP contribution in [0.5, 0.6) is 5.75 Å². The van der Waals surface area contributed by atoms with E-state index in [-0.39, 0.29) is 11.7 Å². The standard InChI is InChI=1S/C14H17F3N2O/c1-11(5-4-8-18)9-19-12-6-2-3-7-13(12)20-10-14(15,16)17/h2-3,6-7,11,19H,4-5,9-10H2,1H3/t11-/m0/s1. The minimum absolute atomic E-state index is 0.178. The van der Waals surface area contributed by atoms with Gasteiger partial charge in [-0.2, -0.15) is 18.4 Å². The number of ether oxygens (including phenoxy) is 1.